The van der Waals surface area contributed by atoms with Crippen LogP contribution in [0.4, 0.5) is 4.39 Å². The molecule has 38 heavy (non-hydrogen) atoms. The number of amides is 2. The van der Waals surface area contributed by atoms with Crippen molar-refractivity contribution in [2.75, 3.05) is 39.8 Å². The number of piperazine rings is 1. The van der Waals surface area contributed by atoms with Gasteiger partial charge in [-0.25, -0.2) is 4.39 Å². The van der Waals surface area contributed by atoms with Crippen molar-refractivity contribution in [3.05, 3.63) is 88.6 Å². The highest BCUT2D eigenvalue weighted by molar-refractivity contribution is 5.91. The summed E-state index contributed by atoms with van der Waals surface area (Å²) in [4.78, 5) is 31.8. The zero-order valence-electron chi connectivity index (χ0n) is 22.2. The van der Waals surface area contributed by atoms with Crippen molar-refractivity contribution >= 4 is 11.8 Å². The molecule has 2 aliphatic rings. The van der Waals surface area contributed by atoms with Gasteiger partial charge in [0.1, 0.15) is 23.9 Å². The Kier molecular flexibility index (Phi) is 7.51. The molecular formula is C30H34FN3O4. The van der Waals surface area contributed by atoms with Crippen molar-refractivity contribution in [1.29, 1.82) is 0 Å². The van der Waals surface area contributed by atoms with Crippen molar-refractivity contribution in [2.24, 2.45) is 5.92 Å². The lowest BCUT2D eigenvalue weighted by Crippen LogP contribution is -2.47. The Morgan fingerprint density at radius 1 is 1.00 bits per heavy atom. The highest BCUT2D eigenvalue weighted by atomic mass is 19.1. The normalized spacial score (nSPS) is 18.0. The molecule has 3 heterocycles. The van der Waals surface area contributed by atoms with Gasteiger partial charge in [0.15, 0.2) is 5.76 Å². The number of hydrogen-bond donors (Lipinski definition) is 0. The Bertz CT molecular complexity index is 1300. The average molecular weight is 520 g/mol. The maximum absolute atomic E-state index is 13.7. The summed E-state index contributed by atoms with van der Waals surface area (Å²) in [5, 5.41) is 0. The van der Waals surface area contributed by atoms with Crippen molar-refractivity contribution in [3.63, 3.8) is 0 Å². The van der Waals surface area contributed by atoms with E-state index in [4.69, 9.17) is 9.15 Å². The molecule has 2 aliphatic heterocycles. The molecule has 1 atom stereocenters. The van der Waals surface area contributed by atoms with Crippen LogP contribution < -0.4 is 4.74 Å². The third-order valence-corrected chi connectivity index (χ3v) is 7.35. The molecule has 0 saturated carbocycles. The molecule has 5 rings (SSSR count). The van der Waals surface area contributed by atoms with Gasteiger partial charge in [-0.3, -0.25) is 9.59 Å². The molecule has 0 radical (unpaired) electrons. The second-order valence-corrected chi connectivity index (χ2v) is 10.4. The van der Waals surface area contributed by atoms with Gasteiger partial charge in [-0.15, -0.1) is 0 Å². The van der Waals surface area contributed by atoms with Crippen molar-refractivity contribution in [1.82, 2.24) is 14.7 Å². The van der Waals surface area contributed by atoms with E-state index in [1.54, 1.807) is 24.3 Å². The number of furan rings is 1. The van der Waals surface area contributed by atoms with E-state index in [1.165, 1.54) is 12.1 Å². The standard InChI is InChI=1S/C30H34FN3O4/c1-20(2)29(35)34-13-12-21-6-9-24(18-26(21)28(34)22-4-7-23(31)8-5-22)37-19-25-10-11-27(38-25)30(36)33-16-14-32(3)15-17-33/h4-11,18,20,28H,12-17,19H2,1-3H3. The minimum absolute atomic E-state index is 0.0597. The Labute approximate surface area is 222 Å². The highest BCUT2D eigenvalue weighted by Crippen LogP contribution is 2.38. The Hall–Kier alpha value is -3.65. The van der Waals surface area contributed by atoms with E-state index in [0.29, 0.717) is 36.9 Å². The lowest BCUT2D eigenvalue weighted by atomic mass is 9.87. The van der Waals surface area contributed by atoms with Crippen LogP contribution in [0, 0.1) is 11.7 Å². The highest BCUT2D eigenvalue weighted by Gasteiger charge is 2.33. The van der Waals surface area contributed by atoms with Crippen molar-refractivity contribution in [2.45, 2.75) is 32.9 Å². The molecule has 8 heteroatoms. The summed E-state index contributed by atoms with van der Waals surface area (Å²) in [5.41, 5.74) is 2.97. The summed E-state index contributed by atoms with van der Waals surface area (Å²) in [5.74, 6) is 1.01. The second kappa shape index (κ2) is 11.0. The van der Waals surface area contributed by atoms with Gasteiger partial charge in [0, 0.05) is 38.6 Å². The fraction of sp³-hybridized carbons (Fsp3) is 0.400. The van der Waals surface area contributed by atoms with Gasteiger partial charge >= 0.3 is 0 Å². The summed E-state index contributed by atoms with van der Waals surface area (Å²) in [6.45, 7) is 7.62. The molecule has 0 bridgehead atoms. The first kappa shape index (κ1) is 26.0. The Morgan fingerprint density at radius 3 is 2.45 bits per heavy atom. The lowest BCUT2D eigenvalue weighted by Gasteiger charge is -2.39. The van der Waals surface area contributed by atoms with Crippen LogP contribution in [-0.4, -0.2) is 66.3 Å². The average Bonchev–Trinajstić information content (AvgIpc) is 3.40. The van der Waals surface area contributed by atoms with E-state index in [2.05, 4.69) is 4.90 Å². The molecule has 0 spiro atoms. The fourth-order valence-electron chi connectivity index (χ4n) is 5.15. The van der Waals surface area contributed by atoms with Crippen LogP contribution in [0.15, 0.2) is 59.0 Å². The third-order valence-electron chi connectivity index (χ3n) is 7.35. The number of benzene rings is 2. The minimum Gasteiger partial charge on any atom is -0.486 e. The van der Waals surface area contributed by atoms with Gasteiger partial charge in [-0.05, 0) is 66.6 Å². The topological polar surface area (TPSA) is 66.2 Å². The molecule has 2 amide bonds. The predicted molar refractivity (Wildman–Crippen MR) is 141 cm³/mol. The first-order valence-electron chi connectivity index (χ1n) is 13.2. The largest absolute Gasteiger partial charge is 0.486 e. The van der Waals surface area contributed by atoms with Crippen LogP contribution in [-0.2, 0) is 17.8 Å². The van der Waals surface area contributed by atoms with Gasteiger partial charge in [0.25, 0.3) is 5.91 Å². The zero-order chi connectivity index (χ0) is 26.8. The lowest BCUT2D eigenvalue weighted by molar-refractivity contribution is -0.136. The molecule has 1 saturated heterocycles. The minimum atomic E-state index is -0.325. The van der Waals surface area contributed by atoms with Crippen LogP contribution in [0.5, 0.6) is 5.75 Å². The number of carbonyl (C=O) groups excluding carboxylic acids is 2. The molecule has 1 unspecified atom stereocenters. The number of carbonyl (C=O) groups is 2. The Morgan fingerprint density at radius 2 is 1.74 bits per heavy atom. The molecule has 1 fully saturated rings. The molecule has 1 aromatic heterocycles. The van der Waals surface area contributed by atoms with E-state index >= 15 is 0 Å². The number of nitrogens with zero attached hydrogens (tertiary/aromatic N) is 3. The number of hydrogen-bond acceptors (Lipinski definition) is 5. The van der Waals surface area contributed by atoms with Crippen LogP contribution >= 0.6 is 0 Å². The first-order valence-corrected chi connectivity index (χ1v) is 13.2. The summed E-state index contributed by atoms with van der Waals surface area (Å²) < 4.78 is 25.6. The summed E-state index contributed by atoms with van der Waals surface area (Å²) >= 11 is 0. The van der Waals surface area contributed by atoms with E-state index in [-0.39, 0.29) is 36.2 Å². The van der Waals surface area contributed by atoms with Gasteiger partial charge in [-0.2, -0.15) is 0 Å². The van der Waals surface area contributed by atoms with Crippen LogP contribution in [0.1, 0.15) is 52.9 Å². The summed E-state index contributed by atoms with van der Waals surface area (Å²) in [6, 6.07) is 15.4. The Balaban J connectivity index is 1.34. The molecular weight excluding hydrogens is 485 g/mol. The first-order chi connectivity index (χ1) is 18.3. The molecule has 3 aromatic rings. The summed E-state index contributed by atoms with van der Waals surface area (Å²) in [6.07, 6.45) is 0.738. The molecule has 200 valence electrons. The maximum atomic E-state index is 13.7. The van der Waals surface area contributed by atoms with Gasteiger partial charge in [0.2, 0.25) is 5.91 Å². The van der Waals surface area contributed by atoms with Crippen molar-refractivity contribution in [3.8, 4) is 5.75 Å². The van der Waals surface area contributed by atoms with E-state index in [0.717, 1.165) is 36.2 Å². The third kappa shape index (κ3) is 5.45. The molecule has 2 aromatic carbocycles. The van der Waals surface area contributed by atoms with Crippen LogP contribution in [0.25, 0.3) is 0 Å². The molecule has 0 aliphatic carbocycles. The maximum Gasteiger partial charge on any atom is 0.289 e. The summed E-state index contributed by atoms with van der Waals surface area (Å²) in [7, 11) is 2.05. The van der Waals surface area contributed by atoms with Crippen molar-refractivity contribution < 1.29 is 23.1 Å². The number of likely N-dealkylation sites (N-methyl/N-ethyl adjacent to an activating group) is 1. The zero-order valence-corrected chi connectivity index (χ0v) is 22.2. The smallest absolute Gasteiger partial charge is 0.289 e. The molecule has 0 N–H and O–H groups in total. The van der Waals surface area contributed by atoms with Crippen LogP contribution in [0.2, 0.25) is 0 Å². The van der Waals surface area contributed by atoms with E-state index in [1.807, 2.05) is 48.9 Å². The monoisotopic (exact) mass is 519 g/mol. The van der Waals surface area contributed by atoms with E-state index in [9.17, 15) is 14.0 Å². The van der Waals surface area contributed by atoms with Gasteiger partial charge in [0.05, 0.1) is 6.04 Å². The van der Waals surface area contributed by atoms with E-state index < -0.39 is 0 Å². The fourth-order valence-corrected chi connectivity index (χ4v) is 5.15. The number of fused-ring (bicyclic) bond motifs is 1. The number of rotatable bonds is 6. The second-order valence-electron chi connectivity index (χ2n) is 10.4. The predicted octanol–water partition coefficient (Wildman–Crippen LogP) is 4.52. The number of halogens is 1. The van der Waals surface area contributed by atoms with Crippen LogP contribution in [0.3, 0.4) is 0 Å². The van der Waals surface area contributed by atoms with Gasteiger partial charge in [-0.1, -0.05) is 32.0 Å². The quantitative estimate of drug-likeness (QED) is 0.479. The SMILES string of the molecule is CC(C)C(=O)N1CCc2ccc(OCc3ccc(C(=O)N4CCN(C)CC4)o3)cc2C1c1ccc(F)cc1. The van der Waals surface area contributed by atoms with Gasteiger partial charge < -0.3 is 23.9 Å². The molecule has 7 nitrogen and oxygen atoms in total. The number of ether oxygens (including phenoxy) is 1.